The minimum Gasteiger partial charge on any atom is -0.464 e. The van der Waals surface area contributed by atoms with Crippen LogP contribution in [0.15, 0.2) is 65.7 Å². The lowest BCUT2D eigenvalue weighted by molar-refractivity contribution is -0.160. The summed E-state index contributed by atoms with van der Waals surface area (Å²) in [5, 5.41) is 0. The van der Waals surface area contributed by atoms with Crippen LogP contribution in [0.1, 0.15) is 24.5 Å². The van der Waals surface area contributed by atoms with E-state index in [2.05, 4.69) is 4.99 Å². The zero-order chi connectivity index (χ0) is 18.3. The number of ether oxygens (including phenoxy) is 1. The Bertz CT molecular complexity index is 671. The van der Waals surface area contributed by atoms with Crippen LogP contribution < -0.4 is 0 Å². The highest BCUT2D eigenvalue weighted by atomic mass is 19.4. The Morgan fingerprint density at radius 1 is 1.00 bits per heavy atom. The third kappa shape index (κ3) is 5.74. The van der Waals surface area contributed by atoms with Crippen LogP contribution in [0.4, 0.5) is 13.2 Å². The van der Waals surface area contributed by atoms with Gasteiger partial charge in [0.05, 0.1) is 18.7 Å². The highest BCUT2D eigenvalue weighted by Gasteiger charge is 2.36. The predicted octanol–water partition coefficient (Wildman–Crippen LogP) is 4.41. The third-order valence-electron chi connectivity index (χ3n) is 3.36. The molecule has 0 aliphatic rings. The minimum absolute atomic E-state index is 0.00524. The summed E-state index contributed by atoms with van der Waals surface area (Å²) >= 11 is 0. The molecule has 0 heterocycles. The number of carbonyl (C=O) groups excluding carboxylic acids is 1. The normalized spacial score (nSPS) is 12.3. The fourth-order valence-electron chi connectivity index (χ4n) is 2.30. The second-order valence-corrected chi connectivity index (χ2v) is 5.30. The van der Waals surface area contributed by atoms with E-state index in [1.54, 1.807) is 67.6 Å². The summed E-state index contributed by atoms with van der Waals surface area (Å²) in [6.45, 7) is 1.54. The first kappa shape index (κ1) is 18.7. The molecule has 1 unspecified atom stereocenters. The molecule has 25 heavy (non-hydrogen) atoms. The molecule has 0 N–H and O–H groups in total. The Morgan fingerprint density at radius 2 is 1.48 bits per heavy atom. The highest BCUT2D eigenvalue weighted by molar-refractivity contribution is 6.13. The summed E-state index contributed by atoms with van der Waals surface area (Å²) in [6.07, 6.45) is -5.89. The first-order valence-corrected chi connectivity index (χ1v) is 7.82. The van der Waals surface area contributed by atoms with Gasteiger partial charge in [-0.3, -0.25) is 4.99 Å². The van der Waals surface area contributed by atoms with E-state index in [0.29, 0.717) is 16.8 Å². The zero-order valence-corrected chi connectivity index (χ0v) is 13.7. The Morgan fingerprint density at radius 3 is 1.88 bits per heavy atom. The molecule has 1 atom stereocenters. The largest absolute Gasteiger partial charge is 0.464 e. The van der Waals surface area contributed by atoms with Gasteiger partial charge in [-0.15, -0.1) is 0 Å². The Balaban J connectivity index is 2.50. The topological polar surface area (TPSA) is 38.7 Å². The van der Waals surface area contributed by atoms with Gasteiger partial charge in [0.2, 0.25) is 0 Å². The number of halogens is 3. The molecule has 2 aromatic carbocycles. The van der Waals surface area contributed by atoms with Crippen LogP contribution in [0.3, 0.4) is 0 Å². The maximum Gasteiger partial charge on any atom is 0.391 e. The number of carbonyl (C=O) groups is 1. The molecule has 0 radical (unpaired) electrons. The number of hydrogen-bond acceptors (Lipinski definition) is 3. The number of alkyl halides is 3. The van der Waals surface area contributed by atoms with Gasteiger partial charge < -0.3 is 4.74 Å². The van der Waals surface area contributed by atoms with Gasteiger partial charge in [-0.2, -0.15) is 13.2 Å². The van der Waals surface area contributed by atoms with E-state index in [4.69, 9.17) is 4.74 Å². The number of nitrogens with zero attached hydrogens (tertiary/aromatic N) is 1. The SMILES string of the molecule is CCOC(=O)C(CC(F)(F)F)N=C(c1ccccc1)c1ccccc1. The molecule has 2 rings (SSSR count). The summed E-state index contributed by atoms with van der Waals surface area (Å²) in [6, 6.07) is 15.9. The van der Waals surface area contributed by atoms with Crippen LogP contribution in [0.2, 0.25) is 0 Å². The van der Waals surface area contributed by atoms with Crippen LogP contribution in [-0.2, 0) is 9.53 Å². The maximum absolute atomic E-state index is 12.9. The Labute approximate surface area is 144 Å². The lowest BCUT2D eigenvalue weighted by atomic mass is 10.0. The molecule has 0 aromatic heterocycles. The summed E-state index contributed by atoms with van der Waals surface area (Å²) in [7, 11) is 0. The molecule has 0 fully saturated rings. The molecule has 2 aromatic rings. The molecule has 0 bridgehead atoms. The van der Waals surface area contributed by atoms with Crippen molar-refractivity contribution in [2.75, 3.05) is 6.61 Å². The van der Waals surface area contributed by atoms with Gasteiger partial charge in [0.1, 0.15) is 0 Å². The number of rotatable bonds is 6. The van der Waals surface area contributed by atoms with E-state index in [1.165, 1.54) is 0 Å². The molecule has 0 aliphatic carbocycles. The number of aliphatic imine (C=N–C) groups is 1. The van der Waals surface area contributed by atoms with Crippen LogP contribution in [0.25, 0.3) is 0 Å². The van der Waals surface area contributed by atoms with Gasteiger partial charge in [0, 0.05) is 11.1 Å². The van der Waals surface area contributed by atoms with Crippen LogP contribution in [-0.4, -0.2) is 30.5 Å². The van der Waals surface area contributed by atoms with Gasteiger partial charge >= 0.3 is 12.1 Å². The van der Waals surface area contributed by atoms with Crippen molar-refractivity contribution in [3.8, 4) is 0 Å². The van der Waals surface area contributed by atoms with E-state index >= 15 is 0 Å². The highest BCUT2D eigenvalue weighted by Crippen LogP contribution is 2.25. The van der Waals surface area contributed by atoms with Gasteiger partial charge in [0.15, 0.2) is 6.04 Å². The lowest BCUT2D eigenvalue weighted by Crippen LogP contribution is -2.29. The monoisotopic (exact) mass is 349 g/mol. The van der Waals surface area contributed by atoms with Crippen molar-refractivity contribution in [3.05, 3.63) is 71.8 Å². The number of esters is 1. The van der Waals surface area contributed by atoms with Crippen molar-refractivity contribution in [2.24, 2.45) is 4.99 Å². The molecular formula is C19H18F3NO2. The van der Waals surface area contributed by atoms with Crippen molar-refractivity contribution < 1.29 is 22.7 Å². The second kappa shape index (κ2) is 8.46. The van der Waals surface area contributed by atoms with Gasteiger partial charge in [-0.25, -0.2) is 4.79 Å². The summed E-state index contributed by atoms with van der Waals surface area (Å²) < 4.78 is 43.4. The van der Waals surface area contributed by atoms with E-state index in [-0.39, 0.29) is 6.61 Å². The average Bonchev–Trinajstić information content (AvgIpc) is 2.59. The van der Waals surface area contributed by atoms with Crippen molar-refractivity contribution in [3.63, 3.8) is 0 Å². The smallest absolute Gasteiger partial charge is 0.391 e. The molecule has 132 valence electrons. The van der Waals surface area contributed by atoms with Crippen molar-refractivity contribution in [1.29, 1.82) is 0 Å². The molecule has 0 amide bonds. The van der Waals surface area contributed by atoms with Crippen molar-refractivity contribution in [2.45, 2.75) is 25.6 Å². The molecule has 0 saturated carbocycles. The molecular weight excluding hydrogens is 331 g/mol. The summed E-state index contributed by atoms with van der Waals surface area (Å²) in [4.78, 5) is 16.1. The third-order valence-corrected chi connectivity index (χ3v) is 3.36. The van der Waals surface area contributed by atoms with Gasteiger partial charge in [0.25, 0.3) is 0 Å². The minimum atomic E-state index is -4.53. The molecule has 3 nitrogen and oxygen atoms in total. The Hall–Kier alpha value is -2.63. The molecule has 0 saturated heterocycles. The zero-order valence-electron chi connectivity index (χ0n) is 13.7. The van der Waals surface area contributed by atoms with Crippen LogP contribution in [0, 0.1) is 0 Å². The second-order valence-electron chi connectivity index (χ2n) is 5.30. The fourth-order valence-corrected chi connectivity index (χ4v) is 2.30. The van der Waals surface area contributed by atoms with E-state index in [0.717, 1.165) is 0 Å². The quantitative estimate of drug-likeness (QED) is 0.572. The van der Waals surface area contributed by atoms with Crippen molar-refractivity contribution >= 4 is 11.7 Å². The standard InChI is InChI=1S/C19H18F3NO2/c1-2-25-18(24)16(13-19(20,21)22)23-17(14-9-5-3-6-10-14)15-11-7-4-8-12-15/h3-12,16H,2,13H2,1H3. The Kier molecular flexibility index (Phi) is 6.33. The van der Waals surface area contributed by atoms with Crippen LogP contribution >= 0.6 is 0 Å². The summed E-state index contributed by atoms with van der Waals surface area (Å²) in [5.74, 6) is -0.982. The van der Waals surface area contributed by atoms with Gasteiger partial charge in [-0.05, 0) is 6.92 Å². The average molecular weight is 349 g/mol. The van der Waals surface area contributed by atoms with E-state index in [1.807, 2.05) is 0 Å². The van der Waals surface area contributed by atoms with Crippen molar-refractivity contribution in [1.82, 2.24) is 0 Å². The fraction of sp³-hybridized carbons (Fsp3) is 0.263. The van der Waals surface area contributed by atoms with Gasteiger partial charge in [-0.1, -0.05) is 60.7 Å². The number of hydrogen-bond donors (Lipinski definition) is 0. The predicted molar refractivity (Wildman–Crippen MR) is 89.6 cm³/mol. The molecule has 6 heteroatoms. The maximum atomic E-state index is 12.9. The van der Waals surface area contributed by atoms with E-state index in [9.17, 15) is 18.0 Å². The number of benzene rings is 2. The first-order valence-electron chi connectivity index (χ1n) is 7.82. The van der Waals surface area contributed by atoms with Crippen LogP contribution in [0.5, 0.6) is 0 Å². The molecule has 0 aliphatic heterocycles. The molecule has 0 spiro atoms. The lowest BCUT2D eigenvalue weighted by Gasteiger charge is -2.16. The first-order chi connectivity index (χ1) is 11.9. The van der Waals surface area contributed by atoms with E-state index < -0.39 is 24.6 Å². The summed E-state index contributed by atoms with van der Waals surface area (Å²) in [5.41, 5.74) is 1.58.